The SMILES string of the molecule is CN=C(NCC1(N2CCSCC2)CCCCC1)N1CCC(c2cnn(C)c2)C1.I. The van der Waals surface area contributed by atoms with Crippen LogP contribution in [0.25, 0.3) is 0 Å². The number of halogens is 1. The Morgan fingerprint density at radius 3 is 2.66 bits per heavy atom. The molecule has 1 unspecified atom stereocenters. The fourth-order valence-corrected chi connectivity index (χ4v) is 6.21. The molecule has 1 aromatic heterocycles. The Balaban J connectivity index is 0.00000240. The van der Waals surface area contributed by atoms with Gasteiger partial charge in [-0.2, -0.15) is 16.9 Å². The van der Waals surface area contributed by atoms with Crippen molar-refractivity contribution in [3.8, 4) is 0 Å². The molecule has 1 atom stereocenters. The van der Waals surface area contributed by atoms with Crippen molar-refractivity contribution in [2.24, 2.45) is 12.0 Å². The van der Waals surface area contributed by atoms with E-state index in [0.29, 0.717) is 11.5 Å². The van der Waals surface area contributed by atoms with Gasteiger partial charge in [-0.15, -0.1) is 24.0 Å². The van der Waals surface area contributed by atoms with Crippen molar-refractivity contribution in [3.05, 3.63) is 18.0 Å². The van der Waals surface area contributed by atoms with Gasteiger partial charge in [0.25, 0.3) is 0 Å². The Morgan fingerprint density at radius 2 is 2.00 bits per heavy atom. The smallest absolute Gasteiger partial charge is 0.193 e. The van der Waals surface area contributed by atoms with Crippen LogP contribution in [0.4, 0.5) is 0 Å². The zero-order valence-electron chi connectivity index (χ0n) is 18.0. The van der Waals surface area contributed by atoms with Crippen molar-refractivity contribution < 1.29 is 0 Å². The van der Waals surface area contributed by atoms with Crippen LogP contribution in [-0.4, -0.2) is 82.4 Å². The lowest BCUT2D eigenvalue weighted by atomic mass is 9.80. The molecule has 0 amide bonds. The molecule has 8 heteroatoms. The summed E-state index contributed by atoms with van der Waals surface area (Å²) in [6, 6.07) is 0. The molecule has 0 aromatic carbocycles. The fraction of sp³-hybridized carbons (Fsp3) is 0.810. The van der Waals surface area contributed by atoms with E-state index in [4.69, 9.17) is 0 Å². The van der Waals surface area contributed by atoms with E-state index in [1.54, 1.807) is 0 Å². The van der Waals surface area contributed by atoms with E-state index in [2.05, 4.69) is 43.2 Å². The molecule has 164 valence electrons. The number of nitrogens with one attached hydrogen (secondary N) is 1. The molecule has 2 aliphatic heterocycles. The molecular weight excluding hydrogens is 495 g/mol. The van der Waals surface area contributed by atoms with Gasteiger partial charge in [-0.25, -0.2) is 0 Å². The first-order valence-electron chi connectivity index (χ1n) is 11.0. The van der Waals surface area contributed by atoms with E-state index in [9.17, 15) is 0 Å². The Labute approximate surface area is 197 Å². The first kappa shape index (κ1) is 23.2. The highest BCUT2D eigenvalue weighted by molar-refractivity contribution is 14.0. The van der Waals surface area contributed by atoms with Crippen LogP contribution in [0.15, 0.2) is 17.4 Å². The summed E-state index contributed by atoms with van der Waals surface area (Å²) >= 11 is 2.11. The monoisotopic (exact) mass is 532 g/mol. The normalized spacial score (nSPS) is 25.7. The topological polar surface area (TPSA) is 48.7 Å². The van der Waals surface area contributed by atoms with E-state index in [1.807, 2.05) is 25.0 Å². The number of aryl methyl sites for hydroxylation is 1. The van der Waals surface area contributed by atoms with Crippen LogP contribution < -0.4 is 5.32 Å². The Kier molecular flexibility index (Phi) is 8.56. The van der Waals surface area contributed by atoms with Gasteiger partial charge in [0.05, 0.1) is 6.20 Å². The highest BCUT2D eigenvalue weighted by Gasteiger charge is 2.39. The van der Waals surface area contributed by atoms with E-state index >= 15 is 0 Å². The van der Waals surface area contributed by atoms with Crippen LogP contribution in [-0.2, 0) is 7.05 Å². The van der Waals surface area contributed by atoms with Crippen molar-refractivity contribution in [2.45, 2.75) is 50.0 Å². The Hall–Kier alpha value is -0.480. The standard InChI is InChI=1S/C21H36N6S.HI/c1-22-20(26-9-6-18(16-26)19-14-24-25(2)15-19)23-17-21(7-4-3-5-8-21)27-10-12-28-13-11-27;/h14-15,18H,3-13,16-17H2,1-2H3,(H,22,23);1H. The van der Waals surface area contributed by atoms with Gasteiger partial charge in [0, 0.05) is 76.0 Å². The average molecular weight is 533 g/mol. The van der Waals surface area contributed by atoms with E-state index < -0.39 is 0 Å². The molecule has 6 nitrogen and oxygen atoms in total. The minimum absolute atomic E-state index is 0. The van der Waals surface area contributed by atoms with E-state index in [1.165, 1.54) is 68.7 Å². The predicted octanol–water partition coefficient (Wildman–Crippen LogP) is 3.15. The lowest BCUT2D eigenvalue weighted by molar-refractivity contribution is 0.0621. The van der Waals surface area contributed by atoms with E-state index in [0.717, 1.165) is 25.6 Å². The molecule has 0 bridgehead atoms. The zero-order valence-corrected chi connectivity index (χ0v) is 21.1. The average Bonchev–Trinajstić information content (AvgIpc) is 3.39. The summed E-state index contributed by atoms with van der Waals surface area (Å²) in [5, 5.41) is 8.16. The lowest BCUT2D eigenvalue weighted by Gasteiger charge is -2.48. The van der Waals surface area contributed by atoms with Gasteiger partial charge in [-0.05, 0) is 24.8 Å². The van der Waals surface area contributed by atoms with E-state index in [-0.39, 0.29) is 24.0 Å². The van der Waals surface area contributed by atoms with Crippen LogP contribution in [0.2, 0.25) is 0 Å². The number of nitrogens with zero attached hydrogens (tertiary/aromatic N) is 5. The first-order chi connectivity index (χ1) is 13.7. The van der Waals surface area contributed by atoms with Gasteiger partial charge < -0.3 is 10.2 Å². The van der Waals surface area contributed by atoms with Crippen LogP contribution in [0.5, 0.6) is 0 Å². The largest absolute Gasteiger partial charge is 0.354 e. The summed E-state index contributed by atoms with van der Waals surface area (Å²) in [5.41, 5.74) is 1.69. The predicted molar refractivity (Wildman–Crippen MR) is 134 cm³/mol. The van der Waals surface area contributed by atoms with Crippen LogP contribution in [0.1, 0.15) is 50.0 Å². The minimum atomic E-state index is 0. The maximum Gasteiger partial charge on any atom is 0.193 e. The van der Waals surface area contributed by atoms with Gasteiger partial charge in [0.15, 0.2) is 5.96 Å². The second-order valence-corrected chi connectivity index (χ2v) is 9.89. The molecule has 4 rings (SSSR count). The van der Waals surface area contributed by atoms with Crippen molar-refractivity contribution >= 4 is 41.7 Å². The van der Waals surface area contributed by atoms with Crippen molar-refractivity contribution in [1.29, 1.82) is 0 Å². The lowest BCUT2D eigenvalue weighted by Crippen LogP contribution is -2.60. The molecule has 1 N–H and O–H groups in total. The summed E-state index contributed by atoms with van der Waals surface area (Å²) in [4.78, 5) is 9.89. The molecule has 1 saturated carbocycles. The summed E-state index contributed by atoms with van der Waals surface area (Å²) in [5.74, 6) is 4.22. The fourth-order valence-electron chi connectivity index (χ4n) is 5.30. The van der Waals surface area contributed by atoms with Crippen LogP contribution in [0, 0.1) is 0 Å². The van der Waals surface area contributed by atoms with Crippen molar-refractivity contribution in [3.63, 3.8) is 0 Å². The minimum Gasteiger partial charge on any atom is -0.354 e. The molecule has 1 aliphatic carbocycles. The number of rotatable bonds is 4. The number of likely N-dealkylation sites (tertiary alicyclic amines) is 1. The number of guanidine groups is 1. The number of aromatic nitrogens is 2. The summed E-state index contributed by atoms with van der Waals surface area (Å²) in [7, 11) is 3.93. The number of thioether (sulfide) groups is 1. The summed E-state index contributed by atoms with van der Waals surface area (Å²) in [6.45, 7) is 5.65. The Morgan fingerprint density at radius 1 is 1.24 bits per heavy atom. The van der Waals surface area contributed by atoms with Crippen LogP contribution in [0.3, 0.4) is 0 Å². The Bertz CT molecular complexity index is 666. The van der Waals surface area contributed by atoms with Gasteiger partial charge in [-0.1, -0.05) is 19.3 Å². The second kappa shape index (κ2) is 10.7. The first-order valence-corrected chi connectivity index (χ1v) is 12.1. The zero-order chi connectivity index (χ0) is 19.4. The van der Waals surface area contributed by atoms with Gasteiger partial charge in [0.1, 0.15) is 0 Å². The molecule has 3 aliphatic rings. The highest BCUT2D eigenvalue weighted by Crippen LogP contribution is 2.35. The molecule has 0 spiro atoms. The summed E-state index contributed by atoms with van der Waals surface area (Å²) < 4.78 is 1.91. The number of aliphatic imine (C=N–C) groups is 1. The molecule has 3 fully saturated rings. The van der Waals surface area contributed by atoms with Gasteiger partial charge in [0.2, 0.25) is 0 Å². The van der Waals surface area contributed by atoms with Gasteiger partial charge in [-0.3, -0.25) is 14.6 Å². The van der Waals surface area contributed by atoms with Crippen molar-refractivity contribution in [1.82, 2.24) is 24.9 Å². The number of hydrogen-bond donors (Lipinski definition) is 1. The number of hydrogen-bond acceptors (Lipinski definition) is 4. The third-order valence-corrected chi connectivity index (χ3v) is 7.88. The van der Waals surface area contributed by atoms with Gasteiger partial charge >= 0.3 is 0 Å². The quantitative estimate of drug-likeness (QED) is 0.367. The molecule has 2 saturated heterocycles. The highest BCUT2D eigenvalue weighted by atomic mass is 127. The summed E-state index contributed by atoms with van der Waals surface area (Å²) in [6.07, 6.45) is 12.2. The molecule has 3 heterocycles. The maximum atomic E-state index is 4.65. The molecular formula is C21H37IN6S. The van der Waals surface area contributed by atoms with Crippen molar-refractivity contribution in [2.75, 3.05) is 51.3 Å². The molecule has 29 heavy (non-hydrogen) atoms. The molecule has 0 radical (unpaired) electrons. The second-order valence-electron chi connectivity index (χ2n) is 8.66. The molecule has 1 aromatic rings. The maximum absolute atomic E-state index is 4.65. The third kappa shape index (κ3) is 5.42. The van der Waals surface area contributed by atoms with Crippen LogP contribution >= 0.6 is 35.7 Å². The third-order valence-electron chi connectivity index (χ3n) is 6.94.